The molecule has 1 N–H and O–H groups in total. The molecule has 6 rings (SSSR count). The van der Waals surface area contributed by atoms with Crippen molar-refractivity contribution in [3.63, 3.8) is 0 Å². The molecule has 3 heterocycles. The number of anilines is 1. The van der Waals surface area contributed by atoms with Crippen LogP contribution in [0, 0.1) is 6.92 Å². The van der Waals surface area contributed by atoms with Crippen molar-refractivity contribution < 1.29 is 4.74 Å². The number of hydrogen-bond donors (Lipinski definition) is 1. The molecule has 2 aromatic heterocycles. The number of tetrazole rings is 1. The lowest BCUT2D eigenvalue weighted by atomic mass is 10.0. The van der Waals surface area contributed by atoms with Gasteiger partial charge in [-0.25, -0.2) is 4.68 Å². The van der Waals surface area contributed by atoms with Gasteiger partial charge in [0.05, 0.1) is 12.6 Å². The lowest BCUT2D eigenvalue weighted by molar-refractivity contribution is 0.199. The van der Waals surface area contributed by atoms with Crippen LogP contribution >= 0.6 is 0 Å². The van der Waals surface area contributed by atoms with Crippen LogP contribution in [-0.4, -0.2) is 63.4 Å². The van der Waals surface area contributed by atoms with E-state index in [1.165, 1.54) is 5.56 Å². The van der Waals surface area contributed by atoms with Gasteiger partial charge in [-0.1, -0.05) is 48.5 Å². The molecule has 0 spiro atoms. The van der Waals surface area contributed by atoms with Crippen LogP contribution in [0.15, 0.2) is 83.7 Å². The van der Waals surface area contributed by atoms with Crippen LogP contribution in [0.1, 0.15) is 28.6 Å². The molecule has 0 bridgehead atoms. The predicted molar refractivity (Wildman–Crippen MR) is 156 cm³/mol. The molecule has 0 aliphatic carbocycles. The molecule has 40 heavy (non-hydrogen) atoms. The number of rotatable bonds is 8. The fourth-order valence-corrected chi connectivity index (χ4v) is 5.58. The lowest BCUT2D eigenvalue weighted by Gasteiger charge is -2.39. The van der Waals surface area contributed by atoms with Gasteiger partial charge in [0, 0.05) is 44.0 Å². The molecule has 0 radical (unpaired) electrons. The molecule has 1 fully saturated rings. The number of aryl methyl sites for hydroxylation is 3. The maximum atomic E-state index is 13.6. The van der Waals surface area contributed by atoms with Crippen molar-refractivity contribution in [1.29, 1.82) is 0 Å². The van der Waals surface area contributed by atoms with E-state index in [1.807, 2.05) is 66.2 Å². The molecule has 0 saturated carbocycles. The van der Waals surface area contributed by atoms with E-state index in [2.05, 4.69) is 54.6 Å². The lowest BCUT2D eigenvalue weighted by Crippen LogP contribution is -2.49. The molecule has 3 aromatic carbocycles. The fraction of sp³-hybridized carbons (Fsp3) is 0.290. The number of para-hydroxylation sites is 1. The van der Waals surface area contributed by atoms with Gasteiger partial charge in [0.15, 0.2) is 5.82 Å². The number of aromatic nitrogens is 5. The molecule has 1 saturated heterocycles. The Labute approximate surface area is 233 Å². The first kappa shape index (κ1) is 25.8. The summed E-state index contributed by atoms with van der Waals surface area (Å²) in [5.41, 5.74) is 4.83. The van der Waals surface area contributed by atoms with Gasteiger partial charge >= 0.3 is 0 Å². The number of piperazine rings is 1. The number of benzene rings is 3. The highest BCUT2D eigenvalue weighted by molar-refractivity contribution is 5.82. The minimum atomic E-state index is -0.377. The first-order valence-electron chi connectivity index (χ1n) is 13.7. The maximum Gasteiger partial charge on any atom is 0.253 e. The number of methoxy groups -OCH3 is 1. The molecule has 1 aliphatic rings. The molecular weight excluding hydrogens is 502 g/mol. The van der Waals surface area contributed by atoms with Crippen molar-refractivity contribution in [2.45, 2.75) is 25.9 Å². The molecule has 1 aliphatic heterocycles. The van der Waals surface area contributed by atoms with E-state index in [-0.39, 0.29) is 11.6 Å². The summed E-state index contributed by atoms with van der Waals surface area (Å²) in [5.74, 6) is 1.53. The van der Waals surface area contributed by atoms with Gasteiger partial charge in [0.1, 0.15) is 11.8 Å². The van der Waals surface area contributed by atoms with Crippen molar-refractivity contribution in [1.82, 2.24) is 30.1 Å². The highest BCUT2D eigenvalue weighted by Gasteiger charge is 2.32. The minimum absolute atomic E-state index is 0.109. The average molecular weight is 536 g/mol. The van der Waals surface area contributed by atoms with Crippen LogP contribution in [0.25, 0.3) is 10.9 Å². The standard InChI is InChI=1S/C31H33N7O2/c1-22-7-6-10-24-21-27(31(39)32-28(22)24)29(30-33-34-35-38(30)16-15-23-8-4-3-5-9-23)37-19-17-36(18-20-37)25-11-13-26(40-2)14-12-25/h3-14,21,29H,15-20H2,1-2H3,(H,32,39). The van der Waals surface area contributed by atoms with Gasteiger partial charge in [-0.05, 0) is 70.6 Å². The summed E-state index contributed by atoms with van der Waals surface area (Å²) < 4.78 is 7.18. The molecule has 1 unspecified atom stereocenters. The number of fused-ring (bicyclic) bond motifs is 1. The minimum Gasteiger partial charge on any atom is -0.497 e. The number of H-pyrrole nitrogens is 1. The highest BCUT2D eigenvalue weighted by Crippen LogP contribution is 2.30. The summed E-state index contributed by atoms with van der Waals surface area (Å²) in [4.78, 5) is 21.5. The van der Waals surface area contributed by atoms with Crippen molar-refractivity contribution >= 4 is 16.6 Å². The van der Waals surface area contributed by atoms with Crippen molar-refractivity contribution in [3.05, 3.63) is 112 Å². The molecule has 5 aromatic rings. The zero-order valence-corrected chi connectivity index (χ0v) is 22.8. The monoisotopic (exact) mass is 535 g/mol. The van der Waals surface area contributed by atoms with Crippen molar-refractivity contribution in [2.75, 3.05) is 38.2 Å². The Bertz CT molecular complexity index is 1640. The second-order valence-electron chi connectivity index (χ2n) is 10.2. The van der Waals surface area contributed by atoms with Crippen LogP contribution in [0.5, 0.6) is 5.75 Å². The zero-order valence-electron chi connectivity index (χ0n) is 22.8. The summed E-state index contributed by atoms with van der Waals surface area (Å²) >= 11 is 0. The fourth-order valence-electron chi connectivity index (χ4n) is 5.58. The first-order chi connectivity index (χ1) is 19.6. The first-order valence-corrected chi connectivity index (χ1v) is 13.7. The summed E-state index contributed by atoms with van der Waals surface area (Å²) in [5, 5.41) is 13.9. The van der Waals surface area contributed by atoms with Gasteiger partial charge in [0.2, 0.25) is 0 Å². The third-order valence-electron chi connectivity index (χ3n) is 7.79. The van der Waals surface area contributed by atoms with Crippen molar-refractivity contribution in [2.24, 2.45) is 0 Å². The van der Waals surface area contributed by atoms with Crippen LogP contribution in [0.4, 0.5) is 5.69 Å². The van der Waals surface area contributed by atoms with Gasteiger partial charge in [-0.2, -0.15) is 0 Å². The topological polar surface area (TPSA) is 92.2 Å². The van der Waals surface area contributed by atoms with E-state index in [4.69, 9.17) is 4.74 Å². The van der Waals surface area contributed by atoms with E-state index in [0.717, 1.165) is 60.5 Å². The summed E-state index contributed by atoms with van der Waals surface area (Å²) in [6.07, 6.45) is 0.796. The number of pyridine rings is 1. The number of ether oxygens (including phenoxy) is 1. The second kappa shape index (κ2) is 11.3. The summed E-state index contributed by atoms with van der Waals surface area (Å²) in [6.45, 7) is 5.79. The SMILES string of the molecule is COc1ccc(N2CCN(C(c3cc4cccc(C)c4[nH]c3=O)c3nnnn3CCc3ccccc3)CC2)cc1. The van der Waals surface area contributed by atoms with E-state index in [1.54, 1.807) is 7.11 Å². The average Bonchev–Trinajstić information content (AvgIpc) is 3.46. The smallest absolute Gasteiger partial charge is 0.253 e. The number of nitrogens with one attached hydrogen (secondary N) is 1. The molecular formula is C31H33N7O2. The third kappa shape index (κ3) is 5.20. The Morgan fingerprint density at radius 2 is 1.73 bits per heavy atom. The third-order valence-corrected chi connectivity index (χ3v) is 7.79. The maximum absolute atomic E-state index is 13.6. The molecule has 0 amide bonds. The summed E-state index contributed by atoms with van der Waals surface area (Å²) in [7, 11) is 1.68. The molecule has 9 nitrogen and oxygen atoms in total. The Hall–Kier alpha value is -4.50. The van der Waals surface area contributed by atoms with Gasteiger partial charge in [-0.15, -0.1) is 5.10 Å². The molecule has 204 valence electrons. The highest BCUT2D eigenvalue weighted by atomic mass is 16.5. The number of aromatic amines is 1. The summed E-state index contributed by atoms with van der Waals surface area (Å²) in [6, 6.07) is 26.2. The van der Waals surface area contributed by atoms with Crippen LogP contribution in [-0.2, 0) is 13.0 Å². The Kier molecular flexibility index (Phi) is 7.29. The molecule has 1 atom stereocenters. The second-order valence-corrected chi connectivity index (χ2v) is 10.2. The van der Waals surface area contributed by atoms with E-state index < -0.39 is 0 Å². The van der Waals surface area contributed by atoms with Crippen LogP contribution in [0.3, 0.4) is 0 Å². The van der Waals surface area contributed by atoms with E-state index >= 15 is 0 Å². The Morgan fingerprint density at radius 3 is 2.48 bits per heavy atom. The molecule has 9 heteroatoms. The van der Waals surface area contributed by atoms with E-state index in [0.29, 0.717) is 17.9 Å². The van der Waals surface area contributed by atoms with Gasteiger partial charge < -0.3 is 14.6 Å². The van der Waals surface area contributed by atoms with Crippen LogP contribution in [0.2, 0.25) is 0 Å². The van der Waals surface area contributed by atoms with Crippen molar-refractivity contribution in [3.8, 4) is 5.75 Å². The van der Waals surface area contributed by atoms with Gasteiger partial charge in [-0.3, -0.25) is 9.69 Å². The Balaban J connectivity index is 1.33. The normalized spacial score (nSPS) is 14.9. The zero-order chi connectivity index (χ0) is 27.5. The largest absolute Gasteiger partial charge is 0.497 e. The van der Waals surface area contributed by atoms with E-state index in [9.17, 15) is 4.79 Å². The number of nitrogens with zero attached hydrogens (tertiary/aromatic N) is 6. The quantitative estimate of drug-likeness (QED) is 0.321. The Morgan fingerprint density at radius 1 is 0.950 bits per heavy atom. The van der Waals surface area contributed by atoms with Gasteiger partial charge in [0.25, 0.3) is 5.56 Å². The predicted octanol–water partition coefficient (Wildman–Crippen LogP) is 3.99. The number of hydrogen-bond acceptors (Lipinski definition) is 7. The van der Waals surface area contributed by atoms with Crippen LogP contribution < -0.4 is 15.2 Å².